The number of rotatable bonds is 12. The predicted octanol–water partition coefficient (Wildman–Crippen LogP) is 4.86. The number of phenols is 1. The van der Waals surface area contributed by atoms with Gasteiger partial charge in [0.2, 0.25) is 0 Å². The van der Waals surface area contributed by atoms with Crippen molar-refractivity contribution in [2.24, 2.45) is 0 Å². The highest BCUT2D eigenvalue weighted by Crippen LogP contribution is 2.48. The molecule has 4 rings (SSSR count). The number of hydrogen-bond donors (Lipinski definition) is 1. The third-order valence-corrected chi connectivity index (χ3v) is 8.94. The average Bonchev–Trinajstić information content (AvgIpc) is 2.97. The minimum absolute atomic E-state index is 0.0256. The van der Waals surface area contributed by atoms with Crippen LogP contribution in [0.25, 0.3) is 10.9 Å². The van der Waals surface area contributed by atoms with Gasteiger partial charge in [-0.2, -0.15) is 0 Å². The summed E-state index contributed by atoms with van der Waals surface area (Å²) >= 11 is 0. The Hall–Kier alpha value is -3.41. The van der Waals surface area contributed by atoms with Gasteiger partial charge in [0.05, 0.1) is 18.8 Å². The number of ether oxygens (including phenoxy) is 1. The largest absolute Gasteiger partial charge is 0.505 e. The van der Waals surface area contributed by atoms with E-state index in [0.29, 0.717) is 50.0 Å². The van der Waals surface area contributed by atoms with Crippen LogP contribution in [0.3, 0.4) is 0 Å². The lowest BCUT2D eigenvalue weighted by Gasteiger charge is -2.35. The highest BCUT2D eigenvalue weighted by molar-refractivity contribution is 7.53. The molecule has 0 spiro atoms. The summed E-state index contributed by atoms with van der Waals surface area (Å²) in [6, 6.07) is 9.38. The standard InChI is InChI=1S/C29H36FN4O7P/c1-4-39-42(38,40-5-2)20-33-13-15-34(16-14-33)29(37)41-28-23-7-6-12-31-26(23)27(36)25(19-35)24(28)18-32(3)17-21-8-10-22(30)11-9-21/h6-12,19,36H,4-5,13-18,20H2,1-3H3. The maximum absolute atomic E-state index is 13.4. The Morgan fingerprint density at radius 1 is 1.10 bits per heavy atom. The second kappa shape index (κ2) is 14.2. The molecule has 11 nitrogen and oxygen atoms in total. The maximum Gasteiger partial charge on any atom is 0.415 e. The quantitative estimate of drug-likeness (QED) is 0.227. The number of aromatic hydroxyl groups is 1. The number of halogens is 1. The van der Waals surface area contributed by atoms with Gasteiger partial charge in [-0.25, -0.2) is 9.18 Å². The lowest BCUT2D eigenvalue weighted by Crippen LogP contribution is -2.49. The van der Waals surface area contributed by atoms with E-state index in [4.69, 9.17) is 13.8 Å². The highest BCUT2D eigenvalue weighted by atomic mass is 31.2. The van der Waals surface area contributed by atoms with Gasteiger partial charge in [0.1, 0.15) is 23.4 Å². The molecule has 0 aliphatic carbocycles. The fourth-order valence-corrected chi connectivity index (χ4v) is 6.74. The SMILES string of the molecule is CCOP(=O)(CN1CCN(C(=O)Oc2c(CN(C)Cc3ccc(F)cc3)c(C=O)c(O)c3ncccc23)CC1)OCC. The molecule has 1 saturated heterocycles. The first-order valence-corrected chi connectivity index (χ1v) is 15.5. The van der Waals surface area contributed by atoms with E-state index in [1.165, 1.54) is 23.2 Å². The normalized spacial score (nSPS) is 14.5. The van der Waals surface area contributed by atoms with Crippen molar-refractivity contribution in [1.82, 2.24) is 19.7 Å². The third-order valence-electron chi connectivity index (χ3n) is 6.89. The van der Waals surface area contributed by atoms with Crippen molar-refractivity contribution >= 4 is 30.9 Å². The number of pyridine rings is 1. The first-order valence-electron chi connectivity index (χ1n) is 13.8. The summed E-state index contributed by atoms with van der Waals surface area (Å²) < 4.78 is 43.1. The first kappa shape index (κ1) is 31.5. The van der Waals surface area contributed by atoms with Gasteiger partial charge in [0.15, 0.2) is 12.0 Å². The van der Waals surface area contributed by atoms with Crippen LogP contribution in [0.1, 0.15) is 35.3 Å². The summed E-state index contributed by atoms with van der Waals surface area (Å²) in [6.45, 7) is 6.09. The van der Waals surface area contributed by atoms with E-state index in [1.54, 1.807) is 45.2 Å². The van der Waals surface area contributed by atoms with Crippen LogP contribution >= 0.6 is 7.60 Å². The second-order valence-electron chi connectivity index (χ2n) is 9.95. The Bertz CT molecular complexity index is 1440. The molecule has 1 N–H and O–H groups in total. The van der Waals surface area contributed by atoms with Gasteiger partial charge in [-0.3, -0.25) is 24.1 Å². The first-order chi connectivity index (χ1) is 20.2. The van der Waals surface area contributed by atoms with E-state index < -0.39 is 13.7 Å². The Morgan fingerprint density at radius 2 is 1.76 bits per heavy atom. The van der Waals surface area contributed by atoms with E-state index in [9.17, 15) is 23.7 Å². The topological polar surface area (TPSA) is 122 Å². The highest BCUT2D eigenvalue weighted by Gasteiger charge is 2.32. The van der Waals surface area contributed by atoms with Gasteiger partial charge in [0.25, 0.3) is 0 Å². The third kappa shape index (κ3) is 7.50. The summed E-state index contributed by atoms with van der Waals surface area (Å²) in [5.74, 6) is -0.509. The van der Waals surface area contributed by atoms with Crippen LogP contribution in [0.4, 0.5) is 9.18 Å². The lowest BCUT2D eigenvalue weighted by atomic mass is 10.0. The van der Waals surface area contributed by atoms with Crippen LogP contribution in [0.5, 0.6) is 11.5 Å². The Balaban J connectivity index is 1.55. The smallest absolute Gasteiger partial charge is 0.415 e. The van der Waals surface area contributed by atoms with Crippen molar-refractivity contribution in [3.05, 3.63) is 65.1 Å². The fraction of sp³-hybridized carbons (Fsp3) is 0.414. The number of piperazine rings is 1. The Labute approximate surface area is 244 Å². The van der Waals surface area contributed by atoms with Crippen LogP contribution in [0, 0.1) is 5.82 Å². The molecule has 1 aromatic heterocycles. The number of aromatic nitrogens is 1. The van der Waals surface area contributed by atoms with Crippen molar-refractivity contribution in [2.75, 3.05) is 52.7 Å². The monoisotopic (exact) mass is 602 g/mol. The number of carbonyl (C=O) groups excluding carboxylic acids is 2. The summed E-state index contributed by atoms with van der Waals surface area (Å²) in [5, 5.41) is 11.3. The number of aldehydes is 1. The molecule has 0 bridgehead atoms. The van der Waals surface area contributed by atoms with E-state index in [2.05, 4.69) is 4.98 Å². The van der Waals surface area contributed by atoms with Crippen LogP contribution in [-0.2, 0) is 26.7 Å². The van der Waals surface area contributed by atoms with E-state index >= 15 is 0 Å². The van der Waals surface area contributed by atoms with E-state index in [0.717, 1.165) is 5.56 Å². The molecule has 0 unspecified atom stereocenters. The summed E-state index contributed by atoms with van der Waals surface area (Å²) in [6.07, 6.45) is 1.50. The van der Waals surface area contributed by atoms with Gasteiger partial charge < -0.3 is 23.8 Å². The van der Waals surface area contributed by atoms with E-state index in [1.807, 2.05) is 9.80 Å². The summed E-state index contributed by atoms with van der Waals surface area (Å²) in [5.41, 5.74) is 1.28. The molecule has 0 saturated carbocycles. The summed E-state index contributed by atoms with van der Waals surface area (Å²) in [7, 11) is -1.47. The molecule has 1 fully saturated rings. The number of carbonyl (C=O) groups is 2. The molecule has 1 aliphatic heterocycles. The number of nitrogens with zero attached hydrogens (tertiary/aromatic N) is 4. The lowest BCUT2D eigenvalue weighted by molar-refractivity contribution is 0.110. The number of benzene rings is 2. The number of amides is 1. The molecule has 3 aromatic rings. The van der Waals surface area contributed by atoms with Crippen molar-refractivity contribution < 1.29 is 37.4 Å². The zero-order chi connectivity index (χ0) is 30.3. The molecule has 1 aliphatic rings. The van der Waals surface area contributed by atoms with Crippen LogP contribution in [0.15, 0.2) is 42.6 Å². The Morgan fingerprint density at radius 3 is 2.38 bits per heavy atom. The molecular formula is C29H36FN4O7P. The molecule has 2 aromatic carbocycles. The van der Waals surface area contributed by atoms with E-state index in [-0.39, 0.29) is 54.4 Å². The average molecular weight is 603 g/mol. The molecule has 13 heteroatoms. The van der Waals surface area contributed by atoms with Gasteiger partial charge >= 0.3 is 13.7 Å². The van der Waals surface area contributed by atoms with Gasteiger partial charge in [-0.1, -0.05) is 12.1 Å². The molecule has 2 heterocycles. The number of fused-ring (bicyclic) bond motifs is 1. The van der Waals surface area contributed by atoms with Crippen LogP contribution in [0.2, 0.25) is 0 Å². The second-order valence-corrected chi connectivity index (χ2v) is 12.0. The molecule has 1 amide bonds. The zero-order valence-corrected chi connectivity index (χ0v) is 24.9. The minimum Gasteiger partial charge on any atom is -0.505 e. The van der Waals surface area contributed by atoms with Crippen molar-refractivity contribution in [3.63, 3.8) is 0 Å². The molecule has 0 atom stereocenters. The van der Waals surface area contributed by atoms with Crippen molar-refractivity contribution in [2.45, 2.75) is 26.9 Å². The molecule has 42 heavy (non-hydrogen) atoms. The number of hydrogen-bond acceptors (Lipinski definition) is 10. The number of phenolic OH excluding ortho intramolecular Hbond substituents is 1. The van der Waals surface area contributed by atoms with Gasteiger partial charge in [0, 0.05) is 56.4 Å². The Kier molecular flexibility index (Phi) is 10.6. The molecule has 0 radical (unpaired) electrons. The predicted molar refractivity (Wildman–Crippen MR) is 155 cm³/mol. The molecule has 226 valence electrons. The molecular weight excluding hydrogens is 566 g/mol. The van der Waals surface area contributed by atoms with Crippen molar-refractivity contribution in [3.8, 4) is 11.5 Å². The maximum atomic E-state index is 13.4. The zero-order valence-electron chi connectivity index (χ0n) is 24.0. The minimum atomic E-state index is -3.27. The van der Waals surface area contributed by atoms with Crippen LogP contribution < -0.4 is 4.74 Å². The van der Waals surface area contributed by atoms with Gasteiger partial charge in [-0.15, -0.1) is 0 Å². The summed E-state index contributed by atoms with van der Waals surface area (Å²) in [4.78, 5) is 35.2. The van der Waals surface area contributed by atoms with Crippen LogP contribution in [-0.4, -0.2) is 89.9 Å². The van der Waals surface area contributed by atoms with Gasteiger partial charge in [-0.05, 0) is 50.7 Å². The fourth-order valence-electron chi connectivity index (χ4n) is 4.94. The van der Waals surface area contributed by atoms with Crippen molar-refractivity contribution in [1.29, 1.82) is 0 Å².